The molecule has 0 saturated carbocycles. The van der Waals surface area contributed by atoms with E-state index in [0.717, 1.165) is 28.6 Å². The molecular formula is C26H21FN2O5. The lowest BCUT2D eigenvalue weighted by Crippen LogP contribution is -2.45. The molecule has 4 aromatic rings. The van der Waals surface area contributed by atoms with Gasteiger partial charge in [0.2, 0.25) is 0 Å². The van der Waals surface area contributed by atoms with Gasteiger partial charge in [-0.25, -0.2) is 14.0 Å². The molecule has 0 unspecified atom stereocenters. The average Bonchev–Trinajstić information content (AvgIpc) is 3.26. The quantitative estimate of drug-likeness (QED) is 0.299. The van der Waals surface area contributed by atoms with Gasteiger partial charge < -0.3 is 19.8 Å². The molecule has 172 valence electrons. The molecule has 0 aliphatic rings. The molecule has 2 N–H and O–H groups in total. The van der Waals surface area contributed by atoms with Crippen LogP contribution in [0.1, 0.15) is 15.9 Å². The van der Waals surface area contributed by atoms with Crippen molar-refractivity contribution in [3.63, 3.8) is 0 Å². The molecule has 1 heterocycles. The van der Waals surface area contributed by atoms with Crippen molar-refractivity contribution < 1.29 is 28.2 Å². The monoisotopic (exact) mass is 460 g/mol. The van der Waals surface area contributed by atoms with Crippen molar-refractivity contribution in [2.75, 3.05) is 6.61 Å². The maximum atomic E-state index is 13.1. The van der Waals surface area contributed by atoms with Gasteiger partial charge in [-0.2, -0.15) is 0 Å². The number of aromatic nitrogens is 1. The Labute approximate surface area is 194 Å². The van der Waals surface area contributed by atoms with Gasteiger partial charge in [-0.1, -0.05) is 36.4 Å². The molecule has 1 atom stereocenters. The first-order valence-corrected chi connectivity index (χ1v) is 10.5. The third kappa shape index (κ3) is 5.66. The van der Waals surface area contributed by atoms with Crippen LogP contribution in [0.5, 0.6) is 5.75 Å². The molecule has 0 spiro atoms. The summed E-state index contributed by atoms with van der Waals surface area (Å²) < 4.78 is 23.5. The van der Waals surface area contributed by atoms with Crippen molar-refractivity contribution in [2.45, 2.75) is 12.5 Å². The van der Waals surface area contributed by atoms with E-state index in [4.69, 9.17) is 9.47 Å². The number of para-hydroxylation sites is 2. The maximum absolute atomic E-state index is 13.1. The third-order valence-electron chi connectivity index (χ3n) is 5.14. The summed E-state index contributed by atoms with van der Waals surface area (Å²) in [6.07, 6.45) is 1.02. The summed E-state index contributed by atoms with van der Waals surface area (Å²) in [7, 11) is 0. The number of Topliss-reactive ketones (excluding diaryl/α,β-unsaturated/α-hetero) is 1. The number of hydrogen-bond acceptors (Lipinski definition) is 5. The number of benzene rings is 3. The summed E-state index contributed by atoms with van der Waals surface area (Å²) in [6, 6.07) is 19.7. The Morgan fingerprint density at radius 3 is 2.38 bits per heavy atom. The highest BCUT2D eigenvalue weighted by Gasteiger charge is 2.26. The van der Waals surface area contributed by atoms with Crippen LogP contribution in [0.3, 0.4) is 0 Å². The SMILES string of the molecule is O=C(N[C@@H](Cc1c[nH]c2ccccc12)C(=O)OCC(=O)c1ccc(F)cc1)Oc1ccccc1. The molecule has 3 aromatic carbocycles. The Kier molecular flexibility index (Phi) is 6.98. The Morgan fingerprint density at radius 1 is 0.912 bits per heavy atom. The van der Waals surface area contributed by atoms with Gasteiger partial charge in [0, 0.05) is 29.1 Å². The summed E-state index contributed by atoms with van der Waals surface area (Å²) in [4.78, 5) is 40.8. The molecule has 0 fully saturated rings. The van der Waals surface area contributed by atoms with Crippen LogP contribution in [0.4, 0.5) is 9.18 Å². The molecule has 8 heteroatoms. The third-order valence-corrected chi connectivity index (χ3v) is 5.14. The molecule has 0 saturated heterocycles. The normalized spacial score (nSPS) is 11.6. The van der Waals surface area contributed by atoms with Crippen molar-refractivity contribution >= 4 is 28.7 Å². The number of amides is 1. The summed E-state index contributed by atoms with van der Waals surface area (Å²) in [5, 5.41) is 3.42. The van der Waals surface area contributed by atoms with Gasteiger partial charge in [0.15, 0.2) is 12.4 Å². The van der Waals surface area contributed by atoms with E-state index in [1.807, 2.05) is 24.3 Å². The van der Waals surface area contributed by atoms with Crippen molar-refractivity contribution in [1.82, 2.24) is 10.3 Å². The second kappa shape index (κ2) is 10.4. The predicted octanol–water partition coefficient (Wildman–Crippen LogP) is 4.43. The number of H-pyrrole nitrogens is 1. The van der Waals surface area contributed by atoms with Crippen molar-refractivity contribution in [2.24, 2.45) is 0 Å². The van der Waals surface area contributed by atoms with E-state index in [1.54, 1.807) is 36.5 Å². The van der Waals surface area contributed by atoms with Gasteiger partial charge >= 0.3 is 12.1 Å². The molecule has 34 heavy (non-hydrogen) atoms. The van der Waals surface area contributed by atoms with E-state index in [-0.39, 0.29) is 12.0 Å². The lowest BCUT2D eigenvalue weighted by Gasteiger charge is -2.17. The number of carbonyl (C=O) groups is 3. The minimum Gasteiger partial charge on any atom is -0.456 e. The fourth-order valence-corrected chi connectivity index (χ4v) is 3.44. The fourth-order valence-electron chi connectivity index (χ4n) is 3.44. The second-order valence-electron chi connectivity index (χ2n) is 7.50. The summed E-state index contributed by atoms with van der Waals surface area (Å²) in [5.41, 5.74) is 1.87. The van der Waals surface area contributed by atoms with Gasteiger partial charge in [0.1, 0.15) is 17.6 Å². The number of aromatic amines is 1. The summed E-state index contributed by atoms with van der Waals surface area (Å²) in [6.45, 7) is -0.551. The Morgan fingerprint density at radius 2 is 1.62 bits per heavy atom. The minimum atomic E-state index is -1.11. The largest absolute Gasteiger partial charge is 0.456 e. The van der Waals surface area contributed by atoms with E-state index in [9.17, 15) is 18.8 Å². The number of carbonyl (C=O) groups excluding carboxylic acids is 3. The van der Waals surface area contributed by atoms with Crippen molar-refractivity contribution in [3.05, 3.63) is 102 Å². The molecule has 0 aliphatic carbocycles. The van der Waals surface area contributed by atoms with Gasteiger partial charge in [-0.3, -0.25) is 4.79 Å². The Hall–Kier alpha value is -4.46. The van der Waals surface area contributed by atoms with Crippen LogP contribution in [0.25, 0.3) is 10.9 Å². The first-order chi connectivity index (χ1) is 16.5. The number of halogens is 1. The average molecular weight is 460 g/mol. The number of ether oxygens (including phenoxy) is 2. The molecule has 0 radical (unpaired) electrons. The highest BCUT2D eigenvalue weighted by molar-refractivity contribution is 5.98. The first kappa shape index (κ1) is 22.7. The Balaban J connectivity index is 1.47. The van der Waals surface area contributed by atoms with E-state index >= 15 is 0 Å². The standard InChI is InChI=1S/C26H21FN2O5/c27-19-12-10-17(11-13-19)24(30)16-33-25(31)23(29-26(32)34-20-6-2-1-3-7-20)14-18-15-28-22-9-5-4-8-21(18)22/h1-13,15,23,28H,14,16H2,(H,29,32)/t23-/m0/s1. The van der Waals surface area contributed by atoms with Gasteiger partial charge in [-0.15, -0.1) is 0 Å². The predicted molar refractivity (Wildman–Crippen MR) is 123 cm³/mol. The number of esters is 1. The van der Waals surface area contributed by atoms with E-state index < -0.39 is 36.3 Å². The lowest BCUT2D eigenvalue weighted by atomic mass is 10.1. The smallest absolute Gasteiger partial charge is 0.413 e. The van der Waals surface area contributed by atoms with E-state index in [2.05, 4.69) is 10.3 Å². The van der Waals surface area contributed by atoms with Gasteiger partial charge in [0.25, 0.3) is 0 Å². The number of ketones is 1. The van der Waals surface area contributed by atoms with Crippen LogP contribution in [-0.2, 0) is 16.0 Å². The van der Waals surface area contributed by atoms with Gasteiger partial charge in [0.05, 0.1) is 0 Å². The lowest BCUT2D eigenvalue weighted by molar-refractivity contribution is -0.144. The first-order valence-electron chi connectivity index (χ1n) is 10.5. The zero-order valence-electron chi connectivity index (χ0n) is 18.0. The molecule has 1 aromatic heterocycles. The van der Waals surface area contributed by atoms with Crippen LogP contribution >= 0.6 is 0 Å². The van der Waals surface area contributed by atoms with E-state index in [0.29, 0.717) is 5.75 Å². The summed E-state index contributed by atoms with van der Waals surface area (Å²) in [5.74, 6) is -1.46. The van der Waals surface area contributed by atoms with Crippen LogP contribution < -0.4 is 10.1 Å². The van der Waals surface area contributed by atoms with Crippen molar-refractivity contribution in [3.8, 4) is 5.75 Å². The summed E-state index contributed by atoms with van der Waals surface area (Å²) >= 11 is 0. The highest BCUT2D eigenvalue weighted by atomic mass is 19.1. The maximum Gasteiger partial charge on any atom is 0.413 e. The molecule has 0 aliphatic heterocycles. The van der Waals surface area contributed by atoms with Gasteiger partial charge in [-0.05, 0) is 48.0 Å². The highest BCUT2D eigenvalue weighted by Crippen LogP contribution is 2.20. The number of rotatable bonds is 8. The van der Waals surface area contributed by atoms with Crippen molar-refractivity contribution in [1.29, 1.82) is 0 Å². The Bertz CT molecular complexity index is 1300. The van der Waals surface area contributed by atoms with Crippen LogP contribution in [0.15, 0.2) is 85.1 Å². The molecule has 4 rings (SSSR count). The zero-order valence-corrected chi connectivity index (χ0v) is 18.0. The van der Waals surface area contributed by atoms with Crippen LogP contribution in [-0.4, -0.2) is 35.5 Å². The minimum absolute atomic E-state index is 0.109. The fraction of sp³-hybridized carbons (Fsp3) is 0.115. The molecule has 7 nitrogen and oxygen atoms in total. The molecule has 1 amide bonds. The zero-order chi connectivity index (χ0) is 23.9. The topological polar surface area (TPSA) is 97.5 Å². The van der Waals surface area contributed by atoms with Crippen LogP contribution in [0.2, 0.25) is 0 Å². The second-order valence-corrected chi connectivity index (χ2v) is 7.50. The van der Waals surface area contributed by atoms with Crippen LogP contribution in [0, 0.1) is 5.82 Å². The number of nitrogens with one attached hydrogen (secondary N) is 2. The number of hydrogen-bond donors (Lipinski definition) is 2. The molecule has 0 bridgehead atoms. The molecular weight excluding hydrogens is 439 g/mol. The number of fused-ring (bicyclic) bond motifs is 1. The van der Waals surface area contributed by atoms with E-state index in [1.165, 1.54) is 12.1 Å².